The number of carbonyl (C=O) groups is 1. The van der Waals surface area contributed by atoms with Gasteiger partial charge in [-0.25, -0.2) is 4.79 Å². The summed E-state index contributed by atoms with van der Waals surface area (Å²) >= 11 is 0. The lowest BCUT2D eigenvalue weighted by molar-refractivity contribution is 0.0523. The van der Waals surface area contributed by atoms with Gasteiger partial charge >= 0.3 is 6.09 Å². The normalized spacial score (nSPS) is 11.5. The highest BCUT2D eigenvalue weighted by Crippen LogP contribution is 2.09. The lowest BCUT2D eigenvalue weighted by Gasteiger charge is -2.20. The molecule has 0 atom stereocenters. The fraction of sp³-hybridized carbons (Fsp3) is 0.588. The van der Waals surface area contributed by atoms with Gasteiger partial charge in [0.05, 0.1) is 0 Å². The van der Waals surface area contributed by atoms with E-state index in [0.29, 0.717) is 6.54 Å². The van der Waals surface area contributed by atoms with E-state index < -0.39 is 5.60 Å². The van der Waals surface area contributed by atoms with Crippen LogP contribution in [0, 0.1) is 0 Å². The molecule has 1 aromatic carbocycles. The zero-order valence-electron chi connectivity index (χ0n) is 13.9. The minimum absolute atomic E-state index is 0.380. The summed E-state index contributed by atoms with van der Waals surface area (Å²) in [6, 6.07) is 8.33. The first-order chi connectivity index (χ1) is 9.84. The van der Waals surface area contributed by atoms with Gasteiger partial charge in [-0.1, -0.05) is 38.1 Å². The molecule has 21 heavy (non-hydrogen) atoms. The van der Waals surface area contributed by atoms with Crippen molar-refractivity contribution in [3.63, 3.8) is 0 Å². The Balaban J connectivity index is 2.46. The number of nitrogens with zero attached hydrogens (tertiary/aromatic N) is 1. The quantitative estimate of drug-likeness (QED) is 0.871. The SMILES string of the molecule is CCN(CC)Cc1ccc(CNC(=O)OC(C)(C)C)cc1. The monoisotopic (exact) mass is 292 g/mol. The van der Waals surface area contributed by atoms with Crippen molar-refractivity contribution in [2.75, 3.05) is 13.1 Å². The minimum atomic E-state index is -0.461. The molecule has 0 aliphatic heterocycles. The average molecular weight is 292 g/mol. The van der Waals surface area contributed by atoms with Gasteiger partial charge < -0.3 is 10.1 Å². The molecule has 1 rings (SSSR count). The summed E-state index contributed by atoms with van der Waals surface area (Å²) in [5, 5.41) is 2.77. The highest BCUT2D eigenvalue weighted by Gasteiger charge is 2.15. The Labute approximate surface area is 128 Å². The molecule has 0 radical (unpaired) electrons. The third-order valence-electron chi connectivity index (χ3n) is 3.16. The Morgan fingerprint density at radius 2 is 1.62 bits per heavy atom. The van der Waals surface area contributed by atoms with E-state index in [4.69, 9.17) is 4.74 Å². The van der Waals surface area contributed by atoms with Gasteiger partial charge in [-0.2, -0.15) is 0 Å². The van der Waals surface area contributed by atoms with Gasteiger partial charge in [-0.05, 0) is 45.0 Å². The number of benzene rings is 1. The first-order valence-electron chi connectivity index (χ1n) is 7.61. The van der Waals surface area contributed by atoms with E-state index in [-0.39, 0.29) is 6.09 Å². The predicted molar refractivity (Wildman–Crippen MR) is 86.1 cm³/mol. The van der Waals surface area contributed by atoms with E-state index in [2.05, 4.69) is 48.3 Å². The molecule has 0 aromatic heterocycles. The lowest BCUT2D eigenvalue weighted by Crippen LogP contribution is -2.32. The fourth-order valence-corrected chi connectivity index (χ4v) is 1.96. The predicted octanol–water partition coefficient (Wildman–Crippen LogP) is 3.55. The van der Waals surface area contributed by atoms with Crippen LogP contribution in [0.1, 0.15) is 45.7 Å². The first kappa shape index (κ1) is 17.5. The summed E-state index contributed by atoms with van der Waals surface area (Å²) in [6.07, 6.45) is -0.380. The van der Waals surface area contributed by atoms with Crippen LogP contribution in [0.25, 0.3) is 0 Å². The first-order valence-corrected chi connectivity index (χ1v) is 7.61. The largest absolute Gasteiger partial charge is 0.444 e. The van der Waals surface area contributed by atoms with Gasteiger partial charge in [0.1, 0.15) is 5.60 Å². The molecule has 0 saturated carbocycles. The molecule has 0 aliphatic rings. The minimum Gasteiger partial charge on any atom is -0.444 e. The Bertz CT molecular complexity index is 431. The molecule has 0 unspecified atom stereocenters. The summed E-state index contributed by atoms with van der Waals surface area (Å²) in [6.45, 7) is 13.5. The summed E-state index contributed by atoms with van der Waals surface area (Å²) in [5.74, 6) is 0. The molecule has 1 aromatic rings. The summed E-state index contributed by atoms with van der Waals surface area (Å²) < 4.78 is 5.21. The molecule has 0 bridgehead atoms. The Kier molecular flexibility index (Phi) is 6.69. The van der Waals surface area contributed by atoms with Crippen molar-refractivity contribution in [2.45, 2.75) is 53.3 Å². The van der Waals surface area contributed by atoms with Crippen LogP contribution in [0.3, 0.4) is 0 Å². The Morgan fingerprint density at radius 3 is 2.10 bits per heavy atom. The molecule has 4 nitrogen and oxygen atoms in total. The smallest absolute Gasteiger partial charge is 0.407 e. The van der Waals surface area contributed by atoms with Crippen LogP contribution in [0.5, 0.6) is 0 Å². The average Bonchev–Trinajstić information content (AvgIpc) is 2.42. The van der Waals surface area contributed by atoms with Crippen LogP contribution in [-0.2, 0) is 17.8 Å². The van der Waals surface area contributed by atoms with Crippen LogP contribution in [0.15, 0.2) is 24.3 Å². The number of nitrogens with one attached hydrogen (secondary N) is 1. The zero-order chi connectivity index (χ0) is 15.9. The third kappa shape index (κ3) is 7.14. The van der Waals surface area contributed by atoms with Crippen LogP contribution in [0.4, 0.5) is 4.79 Å². The molecular formula is C17H28N2O2. The summed E-state index contributed by atoms with van der Waals surface area (Å²) in [7, 11) is 0. The van der Waals surface area contributed by atoms with E-state index in [0.717, 1.165) is 25.2 Å². The molecule has 0 aliphatic carbocycles. The van der Waals surface area contributed by atoms with Gasteiger partial charge in [0.15, 0.2) is 0 Å². The summed E-state index contributed by atoms with van der Waals surface area (Å²) in [5.41, 5.74) is 1.90. The van der Waals surface area contributed by atoms with Gasteiger partial charge in [-0.3, -0.25) is 4.90 Å². The van der Waals surface area contributed by atoms with Gasteiger partial charge in [0.2, 0.25) is 0 Å². The Hall–Kier alpha value is -1.55. The topological polar surface area (TPSA) is 41.6 Å². The second-order valence-corrected chi connectivity index (χ2v) is 6.13. The second kappa shape index (κ2) is 8.03. The number of amides is 1. The molecule has 1 N–H and O–H groups in total. The molecule has 118 valence electrons. The molecule has 4 heteroatoms. The highest BCUT2D eigenvalue weighted by atomic mass is 16.6. The molecular weight excluding hydrogens is 264 g/mol. The van der Waals surface area contributed by atoms with E-state index in [1.165, 1.54) is 5.56 Å². The van der Waals surface area contributed by atoms with E-state index in [1.807, 2.05) is 20.8 Å². The van der Waals surface area contributed by atoms with Crippen LogP contribution in [-0.4, -0.2) is 29.7 Å². The van der Waals surface area contributed by atoms with Gasteiger partial charge in [0.25, 0.3) is 0 Å². The van der Waals surface area contributed by atoms with Crippen LogP contribution >= 0.6 is 0 Å². The molecule has 0 heterocycles. The van der Waals surface area contributed by atoms with Crippen molar-refractivity contribution >= 4 is 6.09 Å². The molecule has 0 fully saturated rings. The number of hydrogen-bond donors (Lipinski definition) is 1. The number of carbonyl (C=O) groups excluding carboxylic acids is 1. The van der Waals surface area contributed by atoms with E-state index in [1.54, 1.807) is 0 Å². The molecule has 0 saturated heterocycles. The van der Waals surface area contributed by atoms with Crippen molar-refractivity contribution in [1.82, 2.24) is 10.2 Å². The zero-order valence-corrected chi connectivity index (χ0v) is 13.9. The maximum absolute atomic E-state index is 11.6. The molecule has 1 amide bonds. The molecule has 0 spiro atoms. The fourth-order valence-electron chi connectivity index (χ4n) is 1.96. The highest BCUT2D eigenvalue weighted by molar-refractivity contribution is 5.67. The van der Waals surface area contributed by atoms with Crippen molar-refractivity contribution in [3.05, 3.63) is 35.4 Å². The number of hydrogen-bond acceptors (Lipinski definition) is 3. The standard InChI is InChI=1S/C17H28N2O2/c1-6-19(7-2)13-15-10-8-14(9-11-15)12-18-16(20)21-17(3,4)5/h8-11H,6-7,12-13H2,1-5H3,(H,18,20). The number of rotatable bonds is 6. The van der Waals surface area contributed by atoms with Crippen molar-refractivity contribution in [3.8, 4) is 0 Å². The van der Waals surface area contributed by atoms with Crippen molar-refractivity contribution in [2.24, 2.45) is 0 Å². The van der Waals surface area contributed by atoms with E-state index in [9.17, 15) is 4.79 Å². The van der Waals surface area contributed by atoms with Crippen molar-refractivity contribution < 1.29 is 9.53 Å². The van der Waals surface area contributed by atoms with Crippen LogP contribution in [0.2, 0.25) is 0 Å². The number of alkyl carbamates (subject to hydrolysis) is 1. The number of ether oxygens (including phenoxy) is 1. The summed E-state index contributed by atoms with van der Waals surface area (Å²) in [4.78, 5) is 14.0. The van der Waals surface area contributed by atoms with Crippen molar-refractivity contribution in [1.29, 1.82) is 0 Å². The maximum Gasteiger partial charge on any atom is 0.407 e. The van der Waals surface area contributed by atoms with E-state index >= 15 is 0 Å². The van der Waals surface area contributed by atoms with Crippen LogP contribution < -0.4 is 5.32 Å². The second-order valence-electron chi connectivity index (χ2n) is 6.13. The third-order valence-corrected chi connectivity index (χ3v) is 3.16. The lowest BCUT2D eigenvalue weighted by atomic mass is 10.1. The van der Waals surface area contributed by atoms with Gasteiger partial charge in [-0.15, -0.1) is 0 Å². The Morgan fingerprint density at radius 1 is 1.10 bits per heavy atom. The van der Waals surface area contributed by atoms with Gasteiger partial charge in [0, 0.05) is 13.1 Å². The maximum atomic E-state index is 11.6.